The van der Waals surface area contributed by atoms with Gasteiger partial charge >= 0.3 is 0 Å². The number of hydrogen-bond acceptors (Lipinski definition) is 4. The fourth-order valence-electron chi connectivity index (χ4n) is 2.80. The summed E-state index contributed by atoms with van der Waals surface area (Å²) in [5, 5.41) is 21.8. The van der Waals surface area contributed by atoms with E-state index in [0.29, 0.717) is 10.2 Å². The molecule has 0 aliphatic carbocycles. The highest BCUT2D eigenvalue weighted by Crippen LogP contribution is 2.39. The molecule has 1 radical (unpaired) electrons. The van der Waals surface area contributed by atoms with E-state index in [0.717, 1.165) is 22.3 Å². The molecule has 0 atom stereocenters. The third kappa shape index (κ3) is 2.49. The molecule has 2 aromatic carbocycles. The van der Waals surface area contributed by atoms with E-state index in [9.17, 15) is 9.90 Å². The highest BCUT2D eigenvalue weighted by atomic mass is 32.1. The predicted molar refractivity (Wildman–Crippen MR) is 98.5 cm³/mol. The van der Waals surface area contributed by atoms with Crippen molar-refractivity contribution in [2.45, 2.75) is 0 Å². The van der Waals surface area contributed by atoms with E-state index < -0.39 is 5.56 Å². The van der Waals surface area contributed by atoms with Gasteiger partial charge in [-0.15, -0.1) is 11.3 Å². The summed E-state index contributed by atoms with van der Waals surface area (Å²) in [5.41, 5.74) is 2.90. The van der Waals surface area contributed by atoms with Gasteiger partial charge in [0.25, 0.3) is 5.56 Å². The van der Waals surface area contributed by atoms with Crippen LogP contribution in [0.1, 0.15) is 5.56 Å². The second-order valence-electron chi connectivity index (χ2n) is 5.50. The van der Waals surface area contributed by atoms with E-state index >= 15 is 0 Å². The third-order valence-electron chi connectivity index (χ3n) is 4.05. The molecule has 2 heterocycles. The summed E-state index contributed by atoms with van der Waals surface area (Å²) >= 11 is 1.33. The number of aromatic hydroxyl groups is 1. The van der Waals surface area contributed by atoms with Gasteiger partial charge in [0.1, 0.15) is 16.6 Å². The molecule has 0 aliphatic heterocycles. The average molecular weight is 343 g/mol. The second-order valence-corrected chi connectivity index (χ2v) is 6.38. The average Bonchev–Trinajstić information content (AvgIpc) is 3.07. The van der Waals surface area contributed by atoms with Gasteiger partial charge in [-0.1, -0.05) is 48.5 Å². The lowest BCUT2D eigenvalue weighted by Gasteiger charge is -2.05. The predicted octanol–water partition coefficient (Wildman–Crippen LogP) is 4.30. The van der Waals surface area contributed by atoms with Crippen molar-refractivity contribution < 1.29 is 5.11 Å². The molecule has 4 nitrogen and oxygen atoms in total. The zero-order valence-electron chi connectivity index (χ0n) is 12.9. The maximum atomic E-state index is 11.8. The molecule has 2 N–H and O–H groups in total. The van der Waals surface area contributed by atoms with Crippen LogP contribution in [0.4, 0.5) is 0 Å². The summed E-state index contributed by atoms with van der Waals surface area (Å²) in [6.45, 7) is 0. The third-order valence-corrected chi connectivity index (χ3v) is 4.94. The van der Waals surface area contributed by atoms with Crippen LogP contribution in [0.2, 0.25) is 0 Å². The summed E-state index contributed by atoms with van der Waals surface area (Å²) in [4.78, 5) is 15.0. The molecule has 2 aromatic heterocycles. The maximum absolute atomic E-state index is 11.8. The number of nitrogens with one attached hydrogen (secondary N) is 1. The standard InChI is InChI=1S/C20H11N2O2S/c21-10-15-18(23)17-16(11-25-20(17)22-19(15)24)14-8-6-13(7-9-14)12-4-2-1-3-5-12/h1-4,6-9,11H,(H2,22,23,24). The first-order valence-corrected chi connectivity index (χ1v) is 8.41. The van der Waals surface area contributed by atoms with Crippen LogP contribution in [0.25, 0.3) is 32.5 Å². The molecule has 4 rings (SSSR count). The molecule has 4 aromatic rings. The first-order valence-electron chi connectivity index (χ1n) is 7.53. The van der Waals surface area contributed by atoms with Gasteiger partial charge in [-0.3, -0.25) is 4.79 Å². The van der Waals surface area contributed by atoms with Crippen LogP contribution in [-0.4, -0.2) is 10.1 Å². The number of rotatable bonds is 2. The highest BCUT2D eigenvalue weighted by molar-refractivity contribution is 7.17. The smallest absolute Gasteiger partial charge is 0.270 e. The Kier molecular flexibility index (Phi) is 3.60. The summed E-state index contributed by atoms with van der Waals surface area (Å²) < 4.78 is 0. The molecule has 25 heavy (non-hydrogen) atoms. The molecule has 119 valence electrons. The Morgan fingerprint density at radius 1 is 1.12 bits per heavy atom. The van der Waals surface area contributed by atoms with Crippen molar-refractivity contribution in [3.05, 3.63) is 75.9 Å². The largest absolute Gasteiger partial charge is 0.506 e. The number of fused-ring (bicyclic) bond motifs is 1. The van der Waals surface area contributed by atoms with Crippen molar-refractivity contribution in [1.29, 1.82) is 5.26 Å². The van der Waals surface area contributed by atoms with Gasteiger partial charge in [0.2, 0.25) is 0 Å². The Balaban J connectivity index is 1.86. The number of pyridine rings is 1. The van der Waals surface area contributed by atoms with Crippen LogP contribution < -0.4 is 5.56 Å². The van der Waals surface area contributed by atoms with Crippen LogP contribution in [0.15, 0.2) is 58.7 Å². The fraction of sp³-hybridized carbons (Fsp3) is 0. The molecule has 0 saturated carbocycles. The van der Waals surface area contributed by atoms with Crippen molar-refractivity contribution >= 4 is 21.6 Å². The molecular formula is C20H11N2O2S. The number of aromatic amines is 1. The van der Waals surface area contributed by atoms with Gasteiger partial charge in [0, 0.05) is 10.9 Å². The zero-order valence-corrected chi connectivity index (χ0v) is 13.7. The van der Waals surface area contributed by atoms with E-state index in [1.54, 1.807) is 6.07 Å². The highest BCUT2D eigenvalue weighted by Gasteiger charge is 2.17. The fourth-order valence-corrected chi connectivity index (χ4v) is 3.77. The Bertz CT molecular complexity index is 1170. The number of nitriles is 1. The first kappa shape index (κ1) is 15.2. The number of H-pyrrole nitrogens is 1. The molecular weight excluding hydrogens is 332 g/mol. The molecule has 0 aliphatic rings. The lowest BCUT2D eigenvalue weighted by atomic mass is 10.00. The van der Waals surface area contributed by atoms with Crippen LogP contribution >= 0.6 is 11.3 Å². The Morgan fingerprint density at radius 3 is 2.56 bits per heavy atom. The minimum Gasteiger partial charge on any atom is -0.506 e. The number of benzene rings is 2. The molecule has 5 heteroatoms. The topological polar surface area (TPSA) is 76.9 Å². The van der Waals surface area contributed by atoms with Crippen LogP contribution in [0.3, 0.4) is 0 Å². The summed E-state index contributed by atoms with van der Waals surface area (Å²) in [7, 11) is 0. The van der Waals surface area contributed by atoms with Crippen molar-refractivity contribution in [3.8, 4) is 34.1 Å². The van der Waals surface area contributed by atoms with Crippen LogP contribution in [-0.2, 0) is 0 Å². The van der Waals surface area contributed by atoms with Crippen LogP contribution in [0, 0.1) is 17.4 Å². The lowest BCUT2D eigenvalue weighted by molar-refractivity contribution is 0.479. The second kappa shape index (κ2) is 5.93. The van der Waals surface area contributed by atoms with E-state index in [-0.39, 0.29) is 11.3 Å². The van der Waals surface area contributed by atoms with Crippen LogP contribution in [0.5, 0.6) is 5.75 Å². The van der Waals surface area contributed by atoms with E-state index in [1.807, 2.05) is 53.9 Å². The normalized spacial score (nSPS) is 10.7. The molecule has 0 spiro atoms. The summed E-state index contributed by atoms with van der Waals surface area (Å²) in [5.74, 6) is -0.266. The van der Waals surface area contributed by atoms with Gasteiger partial charge in [-0.05, 0) is 22.8 Å². The Labute approximate surface area is 147 Å². The maximum Gasteiger partial charge on any atom is 0.270 e. The molecule has 0 saturated heterocycles. The van der Waals surface area contributed by atoms with Gasteiger partial charge in [-0.2, -0.15) is 5.26 Å². The Hall–Kier alpha value is -3.36. The lowest BCUT2D eigenvalue weighted by Crippen LogP contribution is -2.09. The quantitative estimate of drug-likeness (QED) is 0.570. The van der Waals surface area contributed by atoms with Gasteiger partial charge < -0.3 is 10.1 Å². The number of thiophene rings is 1. The molecule has 0 amide bonds. The number of nitrogens with zero attached hydrogens (tertiary/aromatic N) is 1. The summed E-state index contributed by atoms with van der Waals surface area (Å²) in [6, 6.07) is 20.6. The minimum atomic E-state index is -0.573. The minimum absolute atomic E-state index is 0.261. The monoisotopic (exact) mass is 343 g/mol. The first-order chi connectivity index (χ1) is 12.2. The van der Waals surface area contributed by atoms with E-state index in [1.165, 1.54) is 11.3 Å². The van der Waals surface area contributed by atoms with Gasteiger partial charge in [-0.25, -0.2) is 0 Å². The molecule has 0 unspecified atom stereocenters. The van der Waals surface area contributed by atoms with Crippen molar-refractivity contribution in [2.75, 3.05) is 0 Å². The molecule has 0 bridgehead atoms. The van der Waals surface area contributed by atoms with Crippen molar-refractivity contribution in [3.63, 3.8) is 0 Å². The SMILES string of the molecule is N#Cc1c(O)c2c(-c3ccc(-c4[c]cccc4)cc3)csc2[nH]c1=O. The summed E-state index contributed by atoms with van der Waals surface area (Å²) in [6.07, 6.45) is 0. The van der Waals surface area contributed by atoms with E-state index in [4.69, 9.17) is 5.26 Å². The van der Waals surface area contributed by atoms with E-state index in [2.05, 4.69) is 11.1 Å². The number of hydrogen-bond donors (Lipinski definition) is 2. The zero-order chi connectivity index (χ0) is 17.4. The number of aromatic nitrogens is 1. The Morgan fingerprint density at radius 2 is 1.88 bits per heavy atom. The molecule has 0 fully saturated rings. The van der Waals surface area contributed by atoms with Gasteiger partial charge in [0.05, 0.1) is 5.39 Å². The van der Waals surface area contributed by atoms with Crippen molar-refractivity contribution in [2.24, 2.45) is 0 Å². The van der Waals surface area contributed by atoms with Gasteiger partial charge in [0.15, 0.2) is 5.56 Å². The van der Waals surface area contributed by atoms with Crippen molar-refractivity contribution in [1.82, 2.24) is 4.98 Å².